The summed E-state index contributed by atoms with van der Waals surface area (Å²) in [6.07, 6.45) is -0.184. The Morgan fingerprint density at radius 1 is 1.06 bits per heavy atom. The number of amides is 3. The Labute approximate surface area is 186 Å². The minimum Gasteiger partial charge on any atom is -0.443 e. The third-order valence-corrected chi connectivity index (χ3v) is 10.2. The van der Waals surface area contributed by atoms with Crippen molar-refractivity contribution in [2.45, 2.75) is 71.7 Å². The standard InChI is InChI=1S/C23H36N2O5Si/c1-22(2,3)30-21(28)25-16-19(26)24(18-13-10-9-12-17(18)20(25)27)14-11-15-29-31(7,8)23(4,5)6/h9-10,12-13H,11,14-16H2,1-8H3. The molecule has 1 aliphatic rings. The highest BCUT2D eigenvalue weighted by atomic mass is 28.4. The van der Waals surface area contributed by atoms with E-state index in [1.165, 1.54) is 0 Å². The quantitative estimate of drug-likeness (QED) is 0.477. The summed E-state index contributed by atoms with van der Waals surface area (Å²) in [6.45, 7) is 16.7. The van der Waals surface area contributed by atoms with Crippen LogP contribution < -0.4 is 4.90 Å². The maximum atomic E-state index is 13.1. The number of carbonyl (C=O) groups is 3. The summed E-state index contributed by atoms with van der Waals surface area (Å²) in [5.41, 5.74) is 0.0490. The number of hydrogen-bond acceptors (Lipinski definition) is 5. The summed E-state index contributed by atoms with van der Waals surface area (Å²) in [6, 6.07) is 6.87. The molecule has 0 fully saturated rings. The molecular formula is C23H36N2O5Si. The van der Waals surface area contributed by atoms with Crippen molar-refractivity contribution in [3.8, 4) is 0 Å². The molecule has 0 aliphatic carbocycles. The van der Waals surface area contributed by atoms with Gasteiger partial charge in [0.05, 0.1) is 11.3 Å². The van der Waals surface area contributed by atoms with E-state index in [9.17, 15) is 14.4 Å². The molecule has 7 nitrogen and oxygen atoms in total. The van der Waals surface area contributed by atoms with Gasteiger partial charge in [-0.2, -0.15) is 0 Å². The number of anilines is 1. The van der Waals surface area contributed by atoms with Gasteiger partial charge in [0.1, 0.15) is 12.1 Å². The molecule has 8 heteroatoms. The first kappa shape index (κ1) is 25.1. The van der Waals surface area contributed by atoms with Gasteiger partial charge >= 0.3 is 6.09 Å². The maximum Gasteiger partial charge on any atom is 0.417 e. The molecule has 0 saturated carbocycles. The number of hydrogen-bond donors (Lipinski definition) is 0. The molecular weight excluding hydrogens is 412 g/mol. The molecule has 1 aromatic rings. The van der Waals surface area contributed by atoms with Gasteiger partial charge in [-0.3, -0.25) is 9.59 Å². The second kappa shape index (κ2) is 9.12. The van der Waals surface area contributed by atoms with Crippen LogP contribution in [0.5, 0.6) is 0 Å². The predicted octanol–water partition coefficient (Wildman–Crippen LogP) is 4.82. The molecule has 31 heavy (non-hydrogen) atoms. The lowest BCUT2D eigenvalue weighted by atomic mass is 10.1. The minimum atomic E-state index is -1.88. The summed E-state index contributed by atoms with van der Waals surface area (Å²) in [7, 11) is -1.88. The van der Waals surface area contributed by atoms with Crippen LogP contribution in [-0.4, -0.2) is 56.4 Å². The zero-order valence-electron chi connectivity index (χ0n) is 20.1. The van der Waals surface area contributed by atoms with Gasteiger partial charge in [0.2, 0.25) is 5.91 Å². The van der Waals surface area contributed by atoms with Crippen LogP contribution >= 0.6 is 0 Å². The van der Waals surface area contributed by atoms with E-state index in [-0.39, 0.29) is 17.5 Å². The number of imide groups is 1. The van der Waals surface area contributed by atoms with E-state index in [0.29, 0.717) is 30.8 Å². The summed E-state index contributed by atoms with van der Waals surface area (Å²) < 4.78 is 11.6. The van der Waals surface area contributed by atoms with Crippen LogP contribution in [0.15, 0.2) is 24.3 Å². The van der Waals surface area contributed by atoms with Crippen molar-refractivity contribution >= 4 is 31.9 Å². The Bertz CT molecular complexity index is 839. The Hall–Kier alpha value is -2.19. The fourth-order valence-electron chi connectivity index (χ4n) is 2.94. The van der Waals surface area contributed by atoms with Crippen molar-refractivity contribution in [1.82, 2.24) is 4.90 Å². The van der Waals surface area contributed by atoms with Crippen molar-refractivity contribution in [3.05, 3.63) is 29.8 Å². The van der Waals surface area contributed by atoms with E-state index < -0.39 is 25.9 Å². The third-order valence-electron chi connectivity index (χ3n) is 5.67. The second-order valence-corrected chi connectivity index (χ2v) is 15.2. The van der Waals surface area contributed by atoms with Gasteiger partial charge in [0.25, 0.3) is 5.91 Å². The molecule has 0 aromatic heterocycles. The first-order valence-electron chi connectivity index (χ1n) is 10.7. The zero-order chi connectivity index (χ0) is 23.6. The SMILES string of the molecule is CC(C)(C)OC(=O)N1CC(=O)N(CCCO[Si](C)(C)C(C)(C)C)c2ccccc2C1=O. The van der Waals surface area contributed by atoms with Crippen molar-refractivity contribution in [2.75, 3.05) is 24.6 Å². The molecule has 0 N–H and O–H groups in total. The molecule has 0 atom stereocenters. The molecule has 0 unspecified atom stereocenters. The van der Waals surface area contributed by atoms with E-state index in [2.05, 4.69) is 33.9 Å². The van der Waals surface area contributed by atoms with Gasteiger partial charge in [-0.1, -0.05) is 32.9 Å². The molecule has 0 spiro atoms. The number of carbonyl (C=O) groups excluding carboxylic acids is 3. The Morgan fingerprint density at radius 3 is 2.26 bits per heavy atom. The van der Waals surface area contributed by atoms with Gasteiger partial charge in [-0.15, -0.1) is 0 Å². The van der Waals surface area contributed by atoms with E-state index in [1.54, 1.807) is 49.9 Å². The number of benzene rings is 1. The second-order valence-electron chi connectivity index (χ2n) is 10.4. The molecule has 1 heterocycles. The average Bonchev–Trinajstić information content (AvgIpc) is 2.72. The topological polar surface area (TPSA) is 76.2 Å². The maximum absolute atomic E-state index is 13.1. The normalized spacial score (nSPS) is 15.6. The van der Waals surface area contributed by atoms with E-state index in [4.69, 9.17) is 9.16 Å². The Kier molecular flexibility index (Phi) is 7.38. The number of rotatable bonds is 5. The largest absolute Gasteiger partial charge is 0.443 e. The highest BCUT2D eigenvalue weighted by Crippen LogP contribution is 2.36. The molecule has 0 saturated heterocycles. The van der Waals surface area contributed by atoms with Gasteiger partial charge in [-0.05, 0) is 57.5 Å². The smallest absolute Gasteiger partial charge is 0.417 e. The van der Waals surface area contributed by atoms with Crippen molar-refractivity contribution in [3.63, 3.8) is 0 Å². The molecule has 0 radical (unpaired) electrons. The minimum absolute atomic E-state index is 0.109. The summed E-state index contributed by atoms with van der Waals surface area (Å²) >= 11 is 0. The van der Waals surface area contributed by atoms with Gasteiger partial charge < -0.3 is 14.1 Å². The number of ether oxygens (including phenoxy) is 1. The molecule has 0 bridgehead atoms. The number of fused-ring (bicyclic) bond motifs is 1. The predicted molar refractivity (Wildman–Crippen MR) is 124 cm³/mol. The van der Waals surface area contributed by atoms with Crippen molar-refractivity contribution in [2.24, 2.45) is 0 Å². The van der Waals surface area contributed by atoms with Gasteiger partial charge in [-0.25, -0.2) is 9.69 Å². The van der Waals surface area contributed by atoms with E-state index >= 15 is 0 Å². The van der Waals surface area contributed by atoms with E-state index in [0.717, 1.165) is 4.90 Å². The first-order chi connectivity index (χ1) is 14.1. The number of nitrogens with zero attached hydrogens (tertiary/aromatic N) is 2. The van der Waals surface area contributed by atoms with Gasteiger partial charge in [0.15, 0.2) is 8.32 Å². The van der Waals surface area contributed by atoms with Crippen LogP contribution in [0.1, 0.15) is 58.3 Å². The molecule has 1 aliphatic heterocycles. The van der Waals surface area contributed by atoms with Crippen LogP contribution in [0, 0.1) is 0 Å². The lowest BCUT2D eigenvalue weighted by Gasteiger charge is -2.36. The average molecular weight is 449 g/mol. The third kappa shape index (κ3) is 6.17. The highest BCUT2D eigenvalue weighted by molar-refractivity contribution is 6.74. The molecule has 2 rings (SSSR count). The van der Waals surface area contributed by atoms with Crippen LogP contribution in [-0.2, 0) is 14.0 Å². The highest BCUT2D eigenvalue weighted by Gasteiger charge is 2.38. The molecule has 3 amide bonds. The summed E-state index contributed by atoms with van der Waals surface area (Å²) in [5.74, 6) is -0.852. The van der Waals surface area contributed by atoms with Crippen molar-refractivity contribution in [1.29, 1.82) is 0 Å². The molecule has 1 aromatic carbocycles. The summed E-state index contributed by atoms with van der Waals surface area (Å²) in [4.78, 5) is 41.2. The fraction of sp³-hybridized carbons (Fsp3) is 0.609. The monoisotopic (exact) mass is 448 g/mol. The van der Waals surface area contributed by atoms with Crippen LogP contribution in [0.2, 0.25) is 18.1 Å². The molecule has 172 valence electrons. The zero-order valence-corrected chi connectivity index (χ0v) is 21.1. The summed E-state index contributed by atoms with van der Waals surface area (Å²) in [5, 5.41) is 0.109. The van der Waals surface area contributed by atoms with Crippen LogP contribution in [0.4, 0.5) is 10.5 Å². The van der Waals surface area contributed by atoms with Crippen molar-refractivity contribution < 1.29 is 23.5 Å². The van der Waals surface area contributed by atoms with Crippen LogP contribution in [0.3, 0.4) is 0 Å². The Morgan fingerprint density at radius 2 is 1.68 bits per heavy atom. The Balaban J connectivity index is 2.19. The van der Waals surface area contributed by atoms with E-state index in [1.807, 2.05) is 0 Å². The van der Waals surface area contributed by atoms with Crippen LogP contribution in [0.25, 0.3) is 0 Å². The van der Waals surface area contributed by atoms with Gasteiger partial charge in [0, 0.05) is 13.2 Å². The fourth-order valence-corrected chi connectivity index (χ4v) is 4.03. The first-order valence-corrected chi connectivity index (χ1v) is 13.6. The lowest BCUT2D eigenvalue weighted by molar-refractivity contribution is -0.119. The number of para-hydroxylation sites is 1. The lowest BCUT2D eigenvalue weighted by Crippen LogP contribution is -2.45.